The Morgan fingerprint density at radius 1 is 1.33 bits per heavy atom. The van der Waals surface area contributed by atoms with E-state index in [0.717, 1.165) is 5.56 Å². The first-order valence-electron chi connectivity index (χ1n) is 4.65. The third-order valence-electron chi connectivity index (χ3n) is 1.95. The van der Waals surface area contributed by atoms with Crippen LogP contribution >= 0.6 is 0 Å². The Hall–Kier alpha value is -1.81. The van der Waals surface area contributed by atoms with Crippen molar-refractivity contribution in [2.24, 2.45) is 0 Å². The molecule has 0 fully saturated rings. The van der Waals surface area contributed by atoms with E-state index in [4.69, 9.17) is 4.84 Å². The van der Waals surface area contributed by atoms with Crippen LogP contribution in [0, 0.1) is 0 Å². The number of rotatable bonds is 4. The first-order valence-corrected chi connectivity index (χ1v) is 4.65. The molecule has 1 aliphatic rings. The van der Waals surface area contributed by atoms with E-state index in [1.807, 2.05) is 30.3 Å². The van der Waals surface area contributed by atoms with Crippen molar-refractivity contribution in [2.75, 3.05) is 0 Å². The Labute approximate surface area is 87.5 Å². The number of benzene rings is 1. The second-order valence-electron chi connectivity index (χ2n) is 3.19. The van der Waals surface area contributed by atoms with Crippen LogP contribution in [0.15, 0.2) is 42.3 Å². The lowest BCUT2D eigenvalue weighted by Crippen LogP contribution is -2.13. The van der Waals surface area contributed by atoms with E-state index in [9.17, 15) is 4.79 Å². The number of nitrogens with one attached hydrogen (secondary N) is 1. The van der Waals surface area contributed by atoms with Crippen LogP contribution in [0.1, 0.15) is 12.0 Å². The van der Waals surface area contributed by atoms with E-state index in [-0.39, 0.29) is 12.4 Å². The van der Waals surface area contributed by atoms with Gasteiger partial charge >= 0.3 is 5.97 Å². The van der Waals surface area contributed by atoms with Crippen molar-refractivity contribution in [3.8, 4) is 0 Å². The van der Waals surface area contributed by atoms with Gasteiger partial charge in [-0.1, -0.05) is 30.3 Å². The molecule has 0 saturated carbocycles. The Morgan fingerprint density at radius 2 is 2.13 bits per heavy atom. The van der Waals surface area contributed by atoms with E-state index in [2.05, 4.69) is 10.2 Å². The molecule has 0 atom stereocenters. The molecule has 1 aliphatic heterocycles. The van der Waals surface area contributed by atoms with Gasteiger partial charge in [0.2, 0.25) is 0 Å². The molecule has 1 aromatic carbocycles. The van der Waals surface area contributed by atoms with Crippen molar-refractivity contribution in [3.05, 3.63) is 47.9 Å². The summed E-state index contributed by atoms with van der Waals surface area (Å²) < 4.78 is 4.62. The quantitative estimate of drug-likeness (QED) is 0.597. The third kappa shape index (κ3) is 2.82. The van der Waals surface area contributed by atoms with Gasteiger partial charge in [-0.2, -0.15) is 0 Å². The molecular formula is C11H11NO3. The fraction of sp³-hybridized carbons (Fsp3) is 0.182. The summed E-state index contributed by atoms with van der Waals surface area (Å²) in [5, 5.41) is 0. The molecule has 4 heteroatoms. The van der Waals surface area contributed by atoms with Crippen molar-refractivity contribution in [1.29, 1.82) is 0 Å². The highest BCUT2D eigenvalue weighted by Gasteiger charge is 2.14. The molecule has 0 aliphatic carbocycles. The number of hydrogen-bond acceptors (Lipinski definition) is 4. The summed E-state index contributed by atoms with van der Waals surface area (Å²) in [5.74, 6) is -0.263. The summed E-state index contributed by atoms with van der Waals surface area (Å²) in [7, 11) is 0. The standard InChI is InChI=1S/C11H11NO3/c13-11-6-10(8-14-11)12-15-7-9-4-2-1-3-5-9/h1-5,8,12H,6-7H2. The van der Waals surface area contributed by atoms with Gasteiger partial charge in [0, 0.05) is 0 Å². The van der Waals surface area contributed by atoms with Crippen molar-refractivity contribution in [3.63, 3.8) is 0 Å². The van der Waals surface area contributed by atoms with Gasteiger partial charge in [-0.15, -0.1) is 0 Å². The molecule has 78 valence electrons. The molecular weight excluding hydrogens is 194 g/mol. The summed E-state index contributed by atoms with van der Waals surface area (Å²) in [6, 6.07) is 9.77. The van der Waals surface area contributed by atoms with E-state index < -0.39 is 0 Å². The summed E-state index contributed by atoms with van der Waals surface area (Å²) in [5.41, 5.74) is 4.39. The van der Waals surface area contributed by atoms with Crippen LogP contribution < -0.4 is 5.48 Å². The third-order valence-corrected chi connectivity index (χ3v) is 1.95. The van der Waals surface area contributed by atoms with Crippen molar-refractivity contribution >= 4 is 5.97 Å². The van der Waals surface area contributed by atoms with Gasteiger partial charge in [-0.3, -0.25) is 15.1 Å². The number of carbonyl (C=O) groups excluding carboxylic acids is 1. The molecule has 1 heterocycles. The zero-order chi connectivity index (χ0) is 10.5. The highest BCUT2D eigenvalue weighted by Crippen LogP contribution is 2.08. The lowest BCUT2D eigenvalue weighted by molar-refractivity contribution is -0.135. The molecule has 2 rings (SSSR count). The van der Waals surface area contributed by atoms with Crippen molar-refractivity contribution in [2.45, 2.75) is 13.0 Å². The largest absolute Gasteiger partial charge is 0.432 e. The number of carbonyl (C=O) groups is 1. The molecule has 0 amide bonds. The second kappa shape index (κ2) is 4.61. The molecule has 0 spiro atoms. The Kier molecular flexibility index (Phi) is 2.99. The highest BCUT2D eigenvalue weighted by atomic mass is 16.6. The van der Waals surface area contributed by atoms with Gasteiger partial charge < -0.3 is 4.74 Å². The first-order chi connectivity index (χ1) is 7.34. The molecule has 1 aromatic rings. The monoisotopic (exact) mass is 205 g/mol. The Morgan fingerprint density at radius 3 is 2.80 bits per heavy atom. The predicted molar refractivity (Wildman–Crippen MR) is 53.2 cm³/mol. The molecule has 0 saturated heterocycles. The molecule has 0 bridgehead atoms. The smallest absolute Gasteiger partial charge is 0.316 e. The van der Waals surface area contributed by atoms with Crippen LogP contribution in [0.5, 0.6) is 0 Å². The fourth-order valence-corrected chi connectivity index (χ4v) is 1.22. The van der Waals surface area contributed by atoms with E-state index in [0.29, 0.717) is 12.3 Å². The summed E-state index contributed by atoms with van der Waals surface area (Å²) in [4.78, 5) is 15.9. The van der Waals surface area contributed by atoms with Crippen LogP contribution in [0.25, 0.3) is 0 Å². The summed E-state index contributed by atoms with van der Waals surface area (Å²) in [6.07, 6.45) is 1.61. The van der Waals surface area contributed by atoms with E-state index in [1.54, 1.807) is 0 Å². The highest BCUT2D eigenvalue weighted by molar-refractivity contribution is 5.75. The minimum atomic E-state index is -0.263. The molecule has 0 radical (unpaired) electrons. The van der Waals surface area contributed by atoms with Crippen molar-refractivity contribution in [1.82, 2.24) is 5.48 Å². The van der Waals surface area contributed by atoms with Gasteiger partial charge in [0.1, 0.15) is 6.26 Å². The second-order valence-corrected chi connectivity index (χ2v) is 3.19. The Bertz CT molecular complexity index is 373. The van der Waals surface area contributed by atoms with Crippen LogP contribution in [0.2, 0.25) is 0 Å². The normalized spacial score (nSPS) is 14.7. The zero-order valence-corrected chi connectivity index (χ0v) is 8.10. The molecule has 0 unspecified atom stereocenters. The maximum absolute atomic E-state index is 10.7. The van der Waals surface area contributed by atoms with E-state index >= 15 is 0 Å². The minimum absolute atomic E-state index is 0.245. The lowest BCUT2D eigenvalue weighted by atomic mass is 10.2. The zero-order valence-electron chi connectivity index (χ0n) is 8.10. The van der Waals surface area contributed by atoms with Crippen LogP contribution in [-0.4, -0.2) is 5.97 Å². The van der Waals surface area contributed by atoms with Gasteiger partial charge in [-0.25, -0.2) is 0 Å². The average Bonchev–Trinajstić information content (AvgIpc) is 2.66. The van der Waals surface area contributed by atoms with Crippen molar-refractivity contribution < 1.29 is 14.4 Å². The van der Waals surface area contributed by atoms with Gasteiger partial charge in [0.25, 0.3) is 0 Å². The number of cyclic esters (lactones) is 1. The molecule has 4 nitrogen and oxygen atoms in total. The van der Waals surface area contributed by atoms with Gasteiger partial charge in [0.05, 0.1) is 18.7 Å². The SMILES string of the molecule is O=C1CC(NOCc2ccccc2)=CO1. The number of esters is 1. The number of hydroxylamine groups is 1. The first kappa shape index (κ1) is 9.73. The average molecular weight is 205 g/mol. The maximum Gasteiger partial charge on any atom is 0.316 e. The summed E-state index contributed by atoms with van der Waals surface area (Å²) >= 11 is 0. The number of hydrogen-bond donors (Lipinski definition) is 1. The fourth-order valence-electron chi connectivity index (χ4n) is 1.22. The minimum Gasteiger partial charge on any atom is -0.432 e. The molecule has 1 N–H and O–H groups in total. The maximum atomic E-state index is 10.7. The summed E-state index contributed by atoms with van der Waals surface area (Å²) in [6.45, 7) is 0.451. The molecule has 15 heavy (non-hydrogen) atoms. The van der Waals surface area contributed by atoms with Gasteiger partial charge in [0.15, 0.2) is 0 Å². The number of ether oxygens (including phenoxy) is 1. The topological polar surface area (TPSA) is 47.6 Å². The Balaban J connectivity index is 1.74. The van der Waals surface area contributed by atoms with E-state index in [1.165, 1.54) is 6.26 Å². The van der Waals surface area contributed by atoms with Gasteiger partial charge in [-0.05, 0) is 5.56 Å². The molecule has 0 aromatic heterocycles. The van der Waals surface area contributed by atoms with Crippen LogP contribution in [0.3, 0.4) is 0 Å². The van der Waals surface area contributed by atoms with Crippen LogP contribution in [-0.2, 0) is 21.0 Å². The van der Waals surface area contributed by atoms with Crippen LogP contribution in [0.4, 0.5) is 0 Å². The lowest BCUT2D eigenvalue weighted by Gasteiger charge is -2.05. The predicted octanol–water partition coefficient (Wildman–Crippen LogP) is 1.50.